The third kappa shape index (κ3) is 6.08. The Balaban J connectivity index is 4.48. The van der Waals surface area contributed by atoms with Gasteiger partial charge < -0.3 is 14.6 Å². The Kier molecular flexibility index (Phi) is 5.80. The first kappa shape index (κ1) is 17.2. The van der Waals surface area contributed by atoms with Gasteiger partial charge >= 0.3 is 18.0 Å². The van der Waals surface area contributed by atoms with E-state index in [2.05, 4.69) is 0 Å². The van der Waals surface area contributed by atoms with Crippen LogP contribution in [0.1, 0.15) is 34.6 Å². The van der Waals surface area contributed by atoms with E-state index in [1.807, 2.05) is 0 Å². The largest absolute Gasteiger partial charge is 0.465 e. The summed E-state index contributed by atoms with van der Waals surface area (Å²) in [4.78, 5) is 34.7. The number of esters is 2. The number of rotatable bonds is 4. The van der Waals surface area contributed by atoms with Crippen LogP contribution >= 0.6 is 0 Å². The smallest absolute Gasteiger partial charge is 0.407 e. The summed E-state index contributed by atoms with van der Waals surface area (Å²) in [5, 5.41) is 8.72. The number of carbonyl (C=O) groups is 3. The maximum atomic E-state index is 11.6. The van der Waals surface area contributed by atoms with E-state index in [1.165, 1.54) is 20.9 Å². The Morgan fingerprint density at radius 2 is 1.58 bits per heavy atom. The van der Waals surface area contributed by atoms with E-state index in [-0.39, 0.29) is 0 Å². The quantitative estimate of drug-likeness (QED) is 0.776. The van der Waals surface area contributed by atoms with Crippen LogP contribution in [0.5, 0.6) is 0 Å². The van der Waals surface area contributed by atoms with Gasteiger partial charge in [-0.15, -0.1) is 0 Å². The summed E-state index contributed by atoms with van der Waals surface area (Å²) < 4.78 is 9.91. The Bertz CT molecular complexity index is 360. The van der Waals surface area contributed by atoms with E-state index in [0.717, 1.165) is 4.90 Å². The van der Waals surface area contributed by atoms with Crippen LogP contribution < -0.4 is 0 Å². The maximum absolute atomic E-state index is 11.6. The van der Waals surface area contributed by atoms with Crippen LogP contribution in [0.3, 0.4) is 0 Å². The van der Waals surface area contributed by atoms with Crippen molar-refractivity contribution in [2.45, 2.75) is 52.4 Å². The van der Waals surface area contributed by atoms with Gasteiger partial charge in [-0.1, -0.05) is 0 Å². The van der Waals surface area contributed by atoms with E-state index < -0.39 is 35.8 Å². The van der Waals surface area contributed by atoms with Gasteiger partial charge in [-0.2, -0.15) is 0 Å². The molecule has 0 heterocycles. The van der Waals surface area contributed by atoms with Gasteiger partial charge in [0.05, 0.1) is 0 Å². The zero-order valence-electron chi connectivity index (χ0n) is 12.1. The maximum Gasteiger partial charge on any atom is 0.407 e. The molecular formula is C12H21NO6. The van der Waals surface area contributed by atoms with E-state index in [1.54, 1.807) is 20.8 Å². The third-order valence-corrected chi connectivity index (χ3v) is 2.26. The molecule has 0 aliphatic heterocycles. The van der Waals surface area contributed by atoms with Crippen molar-refractivity contribution in [3.05, 3.63) is 0 Å². The predicted molar refractivity (Wildman–Crippen MR) is 66.6 cm³/mol. The number of hydrogen-bond acceptors (Lipinski definition) is 5. The predicted octanol–water partition coefficient (Wildman–Crippen LogP) is 1.26. The normalized spacial score (nSPS) is 14.2. The molecule has 0 aromatic rings. The van der Waals surface area contributed by atoms with Gasteiger partial charge in [0.2, 0.25) is 0 Å². The van der Waals surface area contributed by atoms with Gasteiger partial charge in [-0.25, -0.2) is 14.4 Å². The van der Waals surface area contributed by atoms with Crippen LogP contribution in [0.15, 0.2) is 0 Å². The van der Waals surface area contributed by atoms with Crippen molar-refractivity contribution >= 4 is 18.0 Å². The molecule has 0 saturated carbocycles. The fourth-order valence-corrected chi connectivity index (χ4v) is 1.03. The zero-order chi connectivity index (χ0) is 15.4. The third-order valence-electron chi connectivity index (χ3n) is 2.26. The lowest BCUT2D eigenvalue weighted by Crippen LogP contribution is -2.43. The molecule has 0 saturated heterocycles. The highest BCUT2D eigenvalue weighted by Gasteiger charge is 2.29. The average molecular weight is 275 g/mol. The standard InChI is InChI=1S/C12H21NO6/c1-7(13(6)11(16)17)9(14)18-8(2)10(15)19-12(3,4)5/h7-8H,1-6H3,(H,16,17). The highest BCUT2D eigenvalue weighted by molar-refractivity contribution is 5.83. The van der Waals surface area contributed by atoms with Gasteiger partial charge in [0.25, 0.3) is 0 Å². The van der Waals surface area contributed by atoms with E-state index in [9.17, 15) is 14.4 Å². The highest BCUT2D eigenvalue weighted by Crippen LogP contribution is 2.10. The molecule has 19 heavy (non-hydrogen) atoms. The molecule has 0 spiro atoms. The molecule has 7 nitrogen and oxygen atoms in total. The van der Waals surface area contributed by atoms with Gasteiger partial charge in [0.1, 0.15) is 11.6 Å². The van der Waals surface area contributed by atoms with Gasteiger partial charge in [0, 0.05) is 7.05 Å². The number of ether oxygens (including phenoxy) is 2. The van der Waals surface area contributed by atoms with Crippen LogP contribution in [0.2, 0.25) is 0 Å². The molecular weight excluding hydrogens is 254 g/mol. The van der Waals surface area contributed by atoms with Crippen molar-refractivity contribution in [2.24, 2.45) is 0 Å². The lowest BCUT2D eigenvalue weighted by molar-refractivity contribution is -0.176. The van der Waals surface area contributed by atoms with Crippen LogP contribution in [0, 0.1) is 0 Å². The first-order valence-electron chi connectivity index (χ1n) is 5.85. The second-order valence-corrected chi connectivity index (χ2v) is 5.18. The van der Waals surface area contributed by atoms with Crippen molar-refractivity contribution in [3.63, 3.8) is 0 Å². The Morgan fingerprint density at radius 1 is 1.11 bits per heavy atom. The summed E-state index contributed by atoms with van der Waals surface area (Å²) in [6.45, 7) is 7.83. The fraction of sp³-hybridized carbons (Fsp3) is 0.750. The van der Waals surface area contributed by atoms with Crippen LogP contribution in [0.25, 0.3) is 0 Å². The average Bonchev–Trinajstić information content (AvgIpc) is 2.24. The Hall–Kier alpha value is -1.79. The molecule has 1 amide bonds. The number of carbonyl (C=O) groups excluding carboxylic acids is 2. The minimum absolute atomic E-state index is 0.675. The molecule has 2 atom stereocenters. The SMILES string of the molecule is CC(OC(=O)C(C)N(C)C(=O)O)C(=O)OC(C)(C)C. The van der Waals surface area contributed by atoms with Crippen LogP contribution in [-0.2, 0) is 19.1 Å². The molecule has 0 aromatic heterocycles. The Morgan fingerprint density at radius 3 is 1.95 bits per heavy atom. The van der Waals surface area contributed by atoms with Gasteiger partial charge in [-0.05, 0) is 34.6 Å². The van der Waals surface area contributed by atoms with Gasteiger partial charge in [0.15, 0.2) is 6.10 Å². The fourth-order valence-electron chi connectivity index (χ4n) is 1.03. The number of nitrogens with zero attached hydrogens (tertiary/aromatic N) is 1. The van der Waals surface area contributed by atoms with Crippen molar-refractivity contribution in [1.82, 2.24) is 4.90 Å². The van der Waals surface area contributed by atoms with Crippen molar-refractivity contribution < 1.29 is 29.0 Å². The lowest BCUT2D eigenvalue weighted by Gasteiger charge is -2.24. The second-order valence-electron chi connectivity index (χ2n) is 5.18. The lowest BCUT2D eigenvalue weighted by atomic mass is 10.2. The molecule has 2 unspecified atom stereocenters. The summed E-state index contributed by atoms with van der Waals surface area (Å²) >= 11 is 0. The van der Waals surface area contributed by atoms with Crippen molar-refractivity contribution in [2.75, 3.05) is 7.05 Å². The molecule has 0 bridgehead atoms. The van der Waals surface area contributed by atoms with Crippen molar-refractivity contribution in [3.8, 4) is 0 Å². The van der Waals surface area contributed by atoms with Crippen LogP contribution in [-0.4, -0.2) is 52.8 Å². The second kappa shape index (κ2) is 6.40. The number of carboxylic acid groups (broad SMARTS) is 1. The molecule has 0 rings (SSSR count). The highest BCUT2D eigenvalue weighted by atomic mass is 16.6. The van der Waals surface area contributed by atoms with E-state index in [0.29, 0.717) is 0 Å². The number of amides is 1. The summed E-state index contributed by atoms with van der Waals surface area (Å²) in [6, 6.07) is -0.998. The van der Waals surface area contributed by atoms with E-state index in [4.69, 9.17) is 14.6 Å². The zero-order valence-corrected chi connectivity index (χ0v) is 12.1. The minimum Gasteiger partial charge on any atom is -0.465 e. The first-order valence-corrected chi connectivity index (χ1v) is 5.85. The Labute approximate surface area is 112 Å². The van der Waals surface area contributed by atoms with Crippen LogP contribution in [0.4, 0.5) is 4.79 Å². The molecule has 0 aliphatic rings. The summed E-state index contributed by atoms with van der Waals surface area (Å²) in [5.74, 6) is -1.48. The molecule has 0 radical (unpaired) electrons. The molecule has 110 valence electrons. The topological polar surface area (TPSA) is 93.1 Å². The minimum atomic E-state index is -1.26. The number of likely N-dealkylation sites (N-methyl/N-ethyl adjacent to an activating group) is 1. The van der Waals surface area contributed by atoms with Gasteiger partial charge in [-0.3, -0.25) is 4.90 Å². The number of hydrogen-bond donors (Lipinski definition) is 1. The summed E-state index contributed by atoms with van der Waals surface area (Å²) in [5.41, 5.74) is -0.679. The monoisotopic (exact) mass is 275 g/mol. The molecule has 7 heteroatoms. The molecule has 0 aliphatic carbocycles. The first-order chi connectivity index (χ1) is 8.45. The molecule has 1 N–H and O–H groups in total. The molecule has 0 aromatic carbocycles. The molecule has 0 fully saturated rings. The van der Waals surface area contributed by atoms with E-state index >= 15 is 0 Å². The summed E-state index contributed by atoms with van der Waals surface area (Å²) in [7, 11) is 1.24. The van der Waals surface area contributed by atoms with Crippen molar-refractivity contribution in [1.29, 1.82) is 0 Å². The summed E-state index contributed by atoms with van der Waals surface area (Å²) in [6.07, 6.45) is -2.34.